The van der Waals surface area contributed by atoms with E-state index in [1.165, 1.54) is 56.9 Å². The molecule has 190 valence electrons. The molecule has 1 aromatic carbocycles. The fraction of sp³-hybridized carbons (Fsp3) is 0.720. The lowest BCUT2D eigenvalue weighted by Gasteiger charge is -2.48. The number of sulfonamides is 1. The molecule has 34 heavy (non-hydrogen) atoms. The molecule has 1 aromatic rings. The number of hydrogen-bond acceptors (Lipinski definition) is 6. The maximum Gasteiger partial charge on any atom is 0.253 e. The molecule has 2 heterocycles. The summed E-state index contributed by atoms with van der Waals surface area (Å²) in [7, 11) is -0.622. The lowest BCUT2D eigenvalue weighted by molar-refractivity contribution is 0.0326. The molecule has 1 N–H and O–H groups in total. The fourth-order valence-electron chi connectivity index (χ4n) is 5.67. The second kappa shape index (κ2) is 10.9. The summed E-state index contributed by atoms with van der Waals surface area (Å²) in [4.78, 5) is 18.5. The van der Waals surface area contributed by atoms with Gasteiger partial charge in [-0.2, -0.15) is 0 Å². The summed E-state index contributed by atoms with van der Waals surface area (Å²) in [5, 5.41) is 3.25. The maximum atomic E-state index is 13.6. The molecule has 9 heteroatoms. The summed E-state index contributed by atoms with van der Waals surface area (Å²) in [6, 6.07) is 4.93. The van der Waals surface area contributed by atoms with Crippen molar-refractivity contribution in [1.82, 2.24) is 14.5 Å². The summed E-state index contributed by atoms with van der Waals surface area (Å²) in [6.07, 6.45) is 9.61. The number of carbonyl (C=O) groups is 1. The van der Waals surface area contributed by atoms with Gasteiger partial charge in [0.05, 0.1) is 23.7 Å². The van der Waals surface area contributed by atoms with Crippen LogP contribution < -0.4 is 10.2 Å². The number of anilines is 1. The summed E-state index contributed by atoms with van der Waals surface area (Å²) in [5.74, 6) is -0.195. The molecule has 1 saturated carbocycles. The number of nitrogens with zero attached hydrogens (tertiary/aromatic N) is 3. The van der Waals surface area contributed by atoms with Gasteiger partial charge in [0.15, 0.2) is 0 Å². The molecule has 8 nitrogen and oxygen atoms in total. The fourth-order valence-corrected chi connectivity index (χ4v) is 6.60. The first kappa shape index (κ1) is 25.4. The van der Waals surface area contributed by atoms with E-state index in [9.17, 15) is 13.2 Å². The topological polar surface area (TPSA) is 82.2 Å². The standard InChI is InChI=1S/C25H40N4O4S/c1-27(2)34(31,32)21-9-10-23(28-15-17-33-18-16-28)22(19-21)24(30)26-20-25(11-5-3-6-12-25)29-13-7-4-8-14-29/h9-10,19H,3-8,11-18,20H2,1-2H3,(H,26,30). The van der Waals surface area contributed by atoms with Crippen LogP contribution in [-0.2, 0) is 14.8 Å². The van der Waals surface area contributed by atoms with Crippen LogP contribution in [-0.4, -0.2) is 89.1 Å². The minimum absolute atomic E-state index is 0.0147. The second-order valence-corrected chi connectivity index (χ2v) is 12.2. The summed E-state index contributed by atoms with van der Waals surface area (Å²) >= 11 is 0. The van der Waals surface area contributed by atoms with E-state index in [1.54, 1.807) is 18.2 Å². The average molecular weight is 493 g/mol. The molecule has 0 unspecified atom stereocenters. The van der Waals surface area contributed by atoms with Gasteiger partial charge in [0.1, 0.15) is 0 Å². The Morgan fingerprint density at radius 1 is 1.00 bits per heavy atom. The second-order valence-electron chi connectivity index (χ2n) is 10.1. The molecule has 3 aliphatic rings. The third kappa shape index (κ3) is 5.42. The number of hydrogen-bond donors (Lipinski definition) is 1. The maximum absolute atomic E-state index is 13.6. The number of amides is 1. The van der Waals surface area contributed by atoms with Gasteiger partial charge in [0.2, 0.25) is 10.0 Å². The first-order valence-corrected chi connectivity index (χ1v) is 14.2. The van der Waals surface area contributed by atoms with Crippen molar-refractivity contribution in [3.63, 3.8) is 0 Å². The Kier molecular flexibility index (Phi) is 8.17. The van der Waals surface area contributed by atoms with Crippen molar-refractivity contribution in [2.45, 2.75) is 61.8 Å². The van der Waals surface area contributed by atoms with Crippen molar-refractivity contribution in [3.05, 3.63) is 23.8 Å². The van der Waals surface area contributed by atoms with Crippen LogP contribution in [0.25, 0.3) is 0 Å². The highest BCUT2D eigenvalue weighted by molar-refractivity contribution is 7.89. The van der Waals surface area contributed by atoms with Crippen LogP contribution in [0.1, 0.15) is 61.7 Å². The molecule has 0 atom stereocenters. The van der Waals surface area contributed by atoms with E-state index < -0.39 is 10.0 Å². The van der Waals surface area contributed by atoms with Gasteiger partial charge in [0.25, 0.3) is 5.91 Å². The normalized spacial score (nSPS) is 22.0. The number of carbonyl (C=O) groups excluding carboxylic acids is 1. The minimum Gasteiger partial charge on any atom is -0.378 e. The van der Waals surface area contributed by atoms with E-state index in [1.807, 2.05) is 0 Å². The average Bonchev–Trinajstić information content (AvgIpc) is 2.88. The molecular formula is C25H40N4O4S. The minimum atomic E-state index is -3.64. The Morgan fingerprint density at radius 3 is 2.29 bits per heavy atom. The van der Waals surface area contributed by atoms with Gasteiger partial charge in [-0.1, -0.05) is 25.7 Å². The van der Waals surface area contributed by atoms with Gasteiger partial charge in [-0.25, -0.2) is 12.7 Å². The van der Waals surface area contributed by atoms with Crippen LogP contribution in [0.2, 0.25) is 0 Å². The largest absolute Gasteiger partial charge is 0.378 e. The Labute approximate surface area is 204 Å². The Morgan fingerprint density at radius 2 is 1.65 bits per heavy atom. The first-order chi connectivity index (χ1) is 16.3. The molecule has 4 rings (SSSR count). The van der Waals surface area contributed by atoms with Crippen molar-refractivity contribution >= 4 is 21.6 Å². The highest BCUT2D eigenvalue weighted by Crippen LogP contribution is 2.35. The third-order valence-corrected chi connectivity index (χ3v) is 9.54. The highest BCUT2D eigenvalue weighted by atomic mass is 32.2. The van der Waals surface area contributed by atoms with E-state index in [0.29, 0.717) is 38.4 Å². The Balaban J connectivity index is 1.60. The van der Waals surface area contributed by atoms with Crippen LogP contribution in [0.5, 0.6) is 0 Å². The number of benzene rings is 1. The van der Waals surface area contributed by atoms with Crippen molar-refractivity contribution in [1.29, 1.82) is 0 Å². The molecule has 3 fully saturated rings. The Bertz CT molecular complexity index is 948. The molecule has 0 spiro atoms. The van der Waals surface area contributed by atoms with Crippen LogP contribution in [0.3, 0.4) is 0 Å². The Hall–Kier alpha value is -1.68. The van der Waals surface area contributed by atoms with E-state index >= 15 is 0 Å². The number of piperidine rings is 1. The molecule has 0 radical (unpaired) electrons. The number of ether oxygens (including phenoxy) is 1. The zero-order valence-electron chi connectivity index (χ0n) is 20.7. The monoisotopic (exact) mass is 492 g/mol. The SMILES string of the molecule is CN(C)S(=O)(=O)c1ccc(N2CCOCC2)c(C(=O)NCC2(N3CCCCC3)CCCCC2)c1. The molecule has 0 aromatic heterocycles. The van der Waals surface area contributed by atoms with Gasteiger partial charge in [-0.3, -0.25) is 9.69 Å². The van der Waals surface area contributed by atoms with Gasteiger partial charge < -0.3 is 15.0 Å². The van der Waals surface area contributed by atoms with Crippen LogP contribution in [0.15, 0.2) is 23.1 Å². The summed E-state index contributed by atoms with van der Waals surface area (Å²) < 4.78 is 32.3. The molecule has 1 aliphatic carbocycles. The van der Waals surface area contributed by atoms with Crippen molar-refractivity contribution < 1.29 is 17.9 Å². The molecular weight excluding hydrogens is 452 g/mol. The van der Waals surface area contributed by atoms with Gasteiger partial charge in [0, 0.05) is 45.0 Å². The zero-order chi connectivity index (χ0) is 24.2. The van der Waals surface area contributed by atoms with Crippen molar-refractivity contribution in [3.8, 4) is 0 Å². The lowest BCUT2D eigenvalue weighted by Crippen LogP contribution is -2.58. The van der Waals surface area contributed by atoms with Gasteiger partial charge in [-0.15, -0.1) is 0 Å². The van der Waals surface area contributed by atoms with Crippen LogP contribution in [0, 0.1) is 0 Å². The first-order valence-electron chi connectivity index (χ1n) is 12.8. The summed E-state index contributed by atoms with van der Waals surface area (Å²) in [6.45, 7) is 5.36. The van der Waals surface area contributed by atoms with Gasteiger partial charge in [-0.05, 0) is 57.0 Å². The lowest BCUT2D eigenvalue weighted by atomic mass is 9.79. The molecule has 2 aliphatic heterocycles. The summed E-state index contributed by atoms with van der Waals surface area (Å²) in [5.41, 5.74) is 1.21. The van der Waals surface area contributed by atoms with Crippen molar-refractivity contribution in [2.24, 2.45) is 0 Å². The van der Waals surface area contributed by atoms with Gasteiger partial charge >= 0.3 is 0 Å². The number of likely N-dealkylation sites (tertiary alicyclic amines) is 1. The van der Waals surface area contributed by atoms with E-state index in [-0.39, 0.29) is 16.3 Å². The highest BCUT2D eigenvalue weighted by Gasteiger charge is 2.39. The molecule has 0 bridgehead atoms. The van der Waals surface area contributed by atoms with E-state index in [2.05, 4.69) is 15.1 Å². The third-order valence-electron chi connectivity index (χ3n) is 7.73. The number of nitrogens with one attached hydrogen (secondary N) is 1. The van der Waals surface area contributed by atoms with E-state index in [0.717, 1.165) is 31.6 Å². The number of rotatable bonds is 7. The van der Waals surface area contributed by atoms with Crippen LogP contribution in [0.4, 0.5) is 5.69 Å². The van der Waals surface area contributed by atoms with E-state index in [4.69, 9.17) is 4.74 Å². The van der Waals surface area contributed by atoms with Crippen LogP contribution >= 0.6 is 0 Å². The quantitative estimate of drug-likeness (QED) is 0.630. The number of morpholine rings is 1. The van der Waals surface area contributed by atoms with Crippen molar-refractivity contribution in [2.75, 3.05) is 64.9 Å². The molecule has 1 amide bonds. The predicted molar refractivity (Wildman–Crippen MR) is 134 cm³/mol. The smallest absolute Gasteiger partial charge is 0.253 e. The predicted octanol–water partition coefficient (Wildman–Crippen LogP) is 2.69. The zero-order valence-corrected chi connectivity index (χ0v) is 21.5. The molecule has 2 saturated heterocycles.